The number of amides is 1. The molecule has 1 aromatic carbocycles. The molecule has 3 N–H and O–H groups in total. The van der Waals surface area contributed by atoms with Crippen LogP contribution >= 0.6 is 0 Å². The minimum atomic E-state index is -0.906. The maximum atomic E-state index is 12.3. The van der Waals surface area contributed by atoms with Gasteiger partial charge in [0.05, 0.1) is 7.11 Å². The lowest BCUT2D eigenvalue weighted by Crippen LogP contribution is -2.44. The first kappa shape index (κ1) is 16.5. The van der Waals surface area contributed by atoms with Gasteiger partial charge < -0.3 is 20.0 Å². The van der Waals surface area contributed by atoms with Crippen LogP contribution in [0.1, 0.15) is 15.9 Å². The van der Waals surface area contributed by atoms with Gasteiger partial charge in [-0.25, -0.2) is 4.79 Å². The van der Waals surface area contributed by atoms with Gasteiger partial charge in [0.15, 0.2) is 0 Å². The van der Waals surface area contributed by atoms with E-state index in [0.29, 0.717) is 0 Å². The summed E-state index contributed by atoms with van der Waals surface area (Å²) in [7, 11) is 1.26. The Morgan fingerprint density at radius 3 is 2.72 bits per heavy atom. The molecule has 25 heavy (non-hydrogen) atoms. The summed E-state index contributed by atoms with van der Waals surface area (Å²) in [5, 5.41) is 3.54. The second-order valence-electron chi connectivity index (χ2n) is 5.53. The molecule has 0 unspecified atom stereocenters. The van der Waals surface area contributed by atoms with Crippen molar-refractivity contribution in [1.29, 1.82) is 0 Å². The maximum absolute atomic E-state index is 12.3. The summed E-state index contributed by atoms with van der Waals surface area (Å²) < 4.78 is 4.79. The van der Waals surface area contributed by atoms with Crippen molar-refractivity contribution in [1.82, 2.24) is 15.3 Å². The highest BCUT2D eigenvalue weighted by Gasteiger charge is 2.24. The molecular formula is C18H17N3O4. The van der Waals surface area contributed by atoms with Crippen LogP contribution in [0.5, 0.6) is 0 Å². The SMILES string of the molecule is COC(=O)[C@@H](Cc1c[nH]c2ccccc12)NC(=O)c1ccc[nH]c1=O. The zero-order valence-corrected chi connectivity index (χ0v) is 13.5. The molecule has 0 aliphatic rings. The Bertz CT molecular complexity index is 973. The monoisotopic (exact) mass is 339 g/mol. The molecule has 0 aliphatic heterocycles. The number of methoxy groups -OCH3 is 1. The standard InChI is InChI=1S/C18H17N3O4/c1-25-18(24)15(21-17(23)13-6-4-8-19-16(13)22)9-11-10-20-14-7-3-2-5-12(11)14/h2-8,10,15,20H,9H2,1H3,(H,19,22)(H,21,23)/t15-/m1/s1. The second kappa shape index (κ2) is 7.04. The quantitative estimate of drug-likeness (QED) is 0.611. The highest BCUT2D eigenvalue weighted by molar-refractivity contribution is 5.96. The first-order valence-corrected chi connectivity index (χ1v) is 7.71. The Labute approximate surface area is 143 Å². The van der Waals surface area contributed by atoms with E-state index in [4.69, 9.17) is 4.74 Å². The van der Waals surface area contributed by atoms with Crippen molar-refractivity contribution in [2.45, 2.75) is 12.5 Å². The molecule has 3 rings (SSSR count). The Kier molecular flexibility index (Phi) is 4.65. The number of aromatic amines is 2. The molecule has 0 spiro atoms. The number of H-pyrrole nitrogens is 2. The van der Waals surface area contributed by atoms with E-state index in [2.05, 4.69) is 15.3 Å². The van der Waals surface area contributed by atoms with E-state index in [1.807, 2.05) is 24.3 Å². The summed E-state index contributed by atoms with van der Waals surface area (Å²) in [5.41, 5.74) is 1.23. The van der Waals surface area contributed by atoms with Crippen LogP contribution in [0, 0.1) is 0 Å². The molecule has 0 fully saturated rings. The Morgan fingerprint density at radius 1 is 1.16 bits per heavy atom. The van der Waals surface area contributed by atoms with Crippen molar-refractivity contribution >= 4 is 22.8 Å². The number of rotatable bonds is 5. The summed E-state index contributed by atoms with van der Waals surface area (Å²) in [4.78, 5) is 41.7. The predicted molar refractivity (Wildman–Crippen MR) is 92.3 cm³/mol. The molecule has 3 aromatic rings. The van der Waals surface area contributed by atoms with Crippen molar-refractivity contribution in [3.8, 4) is 0 Å². The number of aromatic nitrogens is 2. The van der Waals surface area contributed by atoms with Crippen molar-refractivity contribution in [2.24, 2.45) is 0 Å². The third-order valence-corrected chi connectivity index (χ3v) is 3.95. The van der Waals surface area contributed by atoms with Gasteiger partial charge in [0.1, 0.15) is 11.6 Å². The van der Waals surface area contributed by atoms with Gasteiger partial charge in [-0.15, -0.1) is 0 Å². The van der Waals surface area contributed by atoms with Crippen LogP contribution < -0.4 is 10.9 Å². The van der Waals surface area contributed by atoms with Gasteiger partial charge in [0.2, 0.25) is 0 Å². The highest BCUT2D eigenvalue weighted by atomic mass is 16.5. The molecule has 7 nitrogen and oxygen atoms in total. The molecule has 0 aliphatic carbocycles. The maximum Gasteiger partial charge on any atom is 0.328 e. The van der Waals surface area contributed by atoms with Gasteiger partial charge >= 0.3 is 5.97 Å². The number of hydrogen-bond donors (Lipinski definition) is 3. The number of pyridine rings is 1. The van der Waals surface area contributed by atoms with E-state index < -0.39 is 23.5 Å². The predicted octanol–water partition coefficient (Wildman–Crippen LogP) is 1.37. The first-order valence-electron chi connectivity index (χ1n) is 7.71. The summed E-state index contributed by atoms with van der Waals surface area (Å²) >= 11 is 0. The number of ether oxygens (including phenoxy) is 1. The van der Waals surface area contributed by atoms with Crippen LogP contribution in [0.25, 0.3) is 10.9 Å². The third kappa shape index (κ3) is 3.45. The lowest BCUT2D eigenvalue weighted by molar-refractivity contribution is -0.142. The van der Waals surface area contributed by atoms with Crippen LogP contribution in [-0.4, -0.2) is 35.0 Å². The Hall–Kier alpha value is -3.35. The molecule has 0 bridgehead atoms. The lowest BCUT2D eigenvalue weighted by atomic mass is 10.0. The first-order chi connectivity index (χ1) is 12.1. The second-order valence-corrected chi connectivity index (χ2v) is 5.53. The van der Waals surface area contributed by atoms with Crippen LogP contribution in [0.2, 0.25) is 0 Å². The van der Waals surface area contributed by atoms with E-state index in [1.165, 1.54) is 19.4 Å². The van der Waals surface area contributed by atoms with Gasteiger partial charge in [-0.05, 0) is 23.8 Å². The number of fused-ring (bicyclic) bond motifs is 1. The molecule has 0 saturated heterocycles. The average Bonchev–Trinajstić information content (AvgIpc) is 3.04. The molecule has 128 valence electrons. The zero-order chi connectivity index (χ0) is 17.8. The van der Waals surface area contributed by atoms with Gasteiger partial charge in [0, 0.05) is 29.7 Å². The largest absolute Gasteiger partial charge is 0.467 e. The summed E-state index contributed by atoms with van der Waals surface area (Å²) in [6.45, 7) is 0. The van der Waals surface area contributed by atoms with Gasteiger partial charge in [-0.2, -0.15) is 0 Å². The summed E-state index contributed by atoms with van der Waals surface area (Å²) in [5.74, 6) is -1.21. The van der Waals surface area contributed by atoms with Gasteiger partial charge in [0.25, 0.3) is 11.5 Å². The van der Waals surface area contributed by atoms with Gasteiger partial charge in [-0.3, -0.25) is 9.59 Å². The lowest BCUT2D eigenvalue weighted by Gasteiger charge is -2.16. The fraction of sp³-hybridized carbons (Fsp3) is 0.167. The van der Waals surface area contributed by atoms with Crippen LogP contribution in [0.3, 0.4) is 0 Å². The minimum Gasteiger partial charge on any atom is -0.467 e. The topological polar surface area (TPSA) is 104 Å². The number of hydrogen-bond acceptors (Lipinski definition) is 4. The van der Waals surface area contributed by atoms with E-state index in [1.54, 1.807) is 12.3 Å². The van der Waals surface area contributed by atoms with Crippen LogP contribution in [0.4, 0.5) is 0 Å². The summed E-state index contributed by atoms with van der Waals surface area (Å²) in [6.07, 6.45) is 3.47. The van der Waals surface area contributed by atoms with Gasteiger partial charge in [-0.1, -0.05) is 18.2 Å². The van der Waals surface area contributed by atoms with E-state index >= 15 is 0 Å². The van der Waals surface area contributed by atoms with E-state index in [9.17, 15) is 14.4 Å². The normalized spacial score (nSPS) is 11.9. The number of carbonyl (C=O) groups is 2. The van der Waals surface area contributed by atoms with E-state index in [-0.39, 0.29) is 12.0 Å². The molecule has 1 atom stereocenters. The smallest absolute Gasteiger partial charge is 0.328 e. The molecule has 7 heteroatoms. The molecule has 2 aromatic heterocycles. The number of esters is 1. The number of carbonyl (C=O) groups excluding carboxylic acids is 2. The number of nitrogens with one attached hydrogen (secondary N) is 3. The zero-order valence-electron chi connectivity index (χ0n) is 13.5. The molecule has 2 heterocycles. The molecule has 0 radical (unpaired) electrons. The van der Waals surface area contributed by atoms with E-state index in [0.717, 1.165) is 16.5 Å². The summed E-state index contributed by atoms with van der Waals surface area (Å²) in [6, 6.07) is 9.69. The highest BCUT2D eigenvalue weighted by Crippen LogP contribution is 2.19. The minimum absolute atomic E-state index is 0.0599. The molecule has 0 saturated carbocycles. The number of benzene rings is 1. The fourth-order valence-electron chi connectivity index (χ4n) is 2.69. The van der Waals surface area contributed by atoms with Crippen molar-refractivity contribution in [2.75, 3.05) is 7.11 Å². The van der Waals surface area contributed by atoms with Crippen molar-refractivity contribution in [3.05, 3.63) is 70.3 Å². The Balaban J connectivity index is 1.85. The molecule has 1 amide bonds. The fourth-order valence-corrected chi connectivity index (χ4v) is 2.69. The van der Waals surface area contributed by atoms with Crippen molar-refractivity contribution < 1.29 is 14.3 Å². The van der Waals surface area contributed by atoms with Crippen LogP contribution in [0.15, 0.2) is 53.6 Å². The third-order valence-electron chi connectivity index (χ3n) is 3.95. The molecular weight excluding hydrogens is 322 g/mol. The van der Waals surface area contributed by atoms with Crippen molar-refractivity contribution in [3.63, 3.8) is 0 Å². The Morgan fingerprint density at radius 2 is 1.96 bits per heavy atom. The number of para-hydroxylation sites is 1. The van der Waals surface area contributed by atoms with Crippen LogP contribution in [-0.2, 0) is 16.0 Å². The average molecular weight is 339 g/mol.